The molecule has 1 N–H and O–H groups in total. The molecular formula is C22H17N3O2. The van der Waals surface area contributed by atoms with Crippen molar-refractivity contribution in [1.29, 1.82) is 0 Å². The third kappa shape index (κ3) is 2.89. The van der Waals surface area contributed by atoms with Gasteiger partial charge in [-0.2, -0.15) is 5.10 Å². The molecule has 0 aromatic heterocycles. The summed E-state index contributed by atoms with van der Waals surface area (Å²) in [6.45, 7) is 4.11. The second kappa shape index (κ2) is 6.88. The molecule has 1 heterocycles. The number of anilines is 1. The van der Waals surface area contributed by atoms with Crippen LogP contribution in [0.15, 0.2) is 83.5 Å². The summed E-state index contributed by atoms with van der Waals surface area (Å²) in [6.07, 6.45) is 3.13. The highest BCUT2D eigenvalue weighted by Gasteiger charge is 2.32. The molecule has 0 atom stereocenters. The summed E-state index contributed by atoms with van der Waals surface area (Å²) in [5.41, 5.74) is 2.36. The lowest BCUT2D eigenvalue weighted by molar-refractivity contribution is -0.112. The Balaban J connectivity index is 1.70. The number of nitrogens with zero attached hydrogens (tertiary/aromatic N) is 3. The Morgan fingerprint density at radius 3 is 2.67 bits per heavy atom. The van der Waals surface area contributed by atoms with Crippen LogP contribution in [0.1, 0.15) is 11.1 Å². The summed E-state index contributed by atoms with van der Waals surface area (Å²) in [7, 11) is 0. The van der Waals surface area contributed by atoms with Crippen molar-refractivity contribution in [3.05, 3.63) is 84.4 Å². The van der Waals surface area contributed by atoms with Gasteiger partial charge < -0.3 is 10.0 Å². The molecule has 0 fully saturated rings. The third-order valence-corrected chi connectivity index (χ3v) is 4.50. The van der Waals surface area contributed by atoms with Gasteiger partial charge in [-0.3, -0.25) is 4.79 Å². The van der Waals surface area contributed by atoms with E-state index in [0.717, 1.165) is 22.0 Å². The van der Waals surface area contributed by atoms with E-state index in [-0.39, 0.29) is 17.4 Å². The largest absolute Gasteiger partial charge is 0.507 e. The molecule has 0 aliphatic carbocycles. The lowest BCUT2D eigenvalue weighted by Gasteiger charge is -2.13. The standard InChI is InChI=1S/C22H17N3O2/c1-2-13-25-19-10-6-5-9-18(19)20(22(25)27)24-23-14-16-12-11-15-7-3-4-8-17(15)21(16)26/h2-12,14,26H,1,13H2. The van der Waals surface area contributed by atoms with Gasteiger partial charge in [0.15, 0.2) is 5.71 Å². The molecule has 0 saturated heterocycles. The fourth-order valence-corrected chi connectivity index (χ4v) is 3.19. The van der Waals surface area contributed by atoms with Crippen LogP contribution in [-0.4, -0.2) is 29.5 Å². The number of hydrogen-bond acceptors (Lipinski definition) is 4. The van der Waals surface area contributed by atoms with Crippen LogP contribution < -0.4 is 4.90 Å². The molecule has 3 aromatic rings. The predicted molar refractivity (Wildman–Crippen MR) is 109 cm³/mol. The Kier molecular flexibility index (Phi) is 4.26. The van der Waals surface area contributed by atoms with Gasteiger partial charge in [-0.1, -0.05) is 54.6 Å². The number of hydrogen-bond donors (Lipinski definition) is 1. The maximum atomic E-state index is 12.7. The summed E-state index contributed by atoms with van der Waals surface area (Å²) < 4.78 is 0. The van der Waals surface area contributed by atoms with Crippen molar-refractivity contribution in [3.63, 3.8) is 0 Å². The van der Waals surface area contributed by atoms with Crippen LogP contribution in [0.25, 0.3) is 10.8 Å². The van der Waals surface area contributed by atoms with Crippen LogP contribution in [0, 0.1) is 0 Å². The monoisotopic (exact) mass is 355 g/mol. The summed E-state index contributed by atoms with van der Waals surface area (Å²) in [5.74, 6) is -0.0699. The molecule has 4 rings (SSSR count). The number of aromatic hydroxyl groups is 1. The highest BCUT2D eigenvalue weighted by Crippen LogP contribution is 2.30. The number of amides is 1. The number of para-hydroxylation sites is 1. The molecular weight excluding hydrogens is 338 g/mol. The van der Waals surface area contributed by atoms with Gasteiger partial charge in [-0.15, -0.1) is 11.7 Å². The number of fused-ring (bicyclic) bond motifs is 2. The average Bonchev–Trinajstić information content (AvgIpc) is 2.96. The maximum absolute atomic E-state index is 12.7. The minimum absolute atomic E-state index is 0.142. The lowest BCUT2D eigenvalue weighted by Crippen LogP contribution is -2.30. The molecule has 0 spiro atoms. The molecule has 1 aliphatic rings. The Hall–Kier alpha value is -3.73. The van der Waals surface area contributed by atoms with Gasteiger partial charge in [0.25, 0.3) is 5.91 Å². The lowest BCUT2D eigenvalue weighted by atomic mass is 10.1. The molecule has 0 unspecified atom stereocenters. The van der Waals surface area contributed by atoms with Gasteiger partial charge in [0, 0.05) is 23.1 Å². The summed E-state index contributed by atoms with van der Waals surface area (Å²) in [6, 6.07) is 18.7. The second-order valence-corrected chi connectivity index (χ2v) is 6.14. The first-order chi connectivity index (χ1) is 13.2. The van der Waals surface area contributed by atoms with E-state index < -0.39 is 0 Å². The predicted octanol–water partition coefficient (Wildman–Crippen LogP) is 3.90. The zero-order valence-electron chi connectivity index (χ0n) is 14.5. The normalized spacial score (nSPS) is 15.0. The molecule has 0 saturated carbocycles. The molecule has 0 bridgehead atoms. The van der Waals surface area contributed by atoms with Crippen molar-refractivity contribution in [3.8, 4) is 5.75 Å². The van der Waals surface area contributed by atoms with E-state index in [1.807, 2.05) is 54.6 Å². The zero-order valence-corrected chi connectivity index (χ0v) is 14.5. The molecule has 5 nitrogen and oxygen atoms in total. The number of phenolic OH excluding ortho intramolecular Hbond substituents is 1. The molecule has 5 heteroatoms. The molecule has 0 radical (unpaired) electrons. The van der Waals surface area contributed by atoms with Gasteiger partial charge in [0.2, 0.25) is 0 Å². The smallest absolute Gasteiger partial charge is 0.279 e. The van der Waals surface area contributed by atoms with Crippen molar-refractivity contribution in [1.82, 2.24) is 0 Å². The van der Waals surface area contributed by atoms with Crippen LogP contribution in [-0.2, 0) is 4.79 Å². The van der Waals surface area contributed by atoms with E-state index in [1.54, 1.807) is 17.0 Å². The van der Waals surface area contributed by atoms with Crippen LogP contribution in [0.5, 0.6) is 5.75 Å². The van der Waals surface area contributed by atoms with E-state index in [9.17, 15) is 9.90 Å². The van der Waals surface area contributed by atoms with Crippen molar-refractivity contribution in [2.45, 2.75) is 0 Å². The van der Waals surface area contributed by atoms with Gasteiger partial charge in [-0.05, 0) is 17.5 Å². The minimum Gasteiger partial charge on any atom is -0.507 e. The first-order valence-electron chi connectivity index (χ1n) is 8.54. The second-order valence-electron chi connectivity index (χ2n) is 6.14. The summed E-state index contributed by atoms with van der Waals surface area (Å²) in [4.78, 5) is 14.3. The van der Waals surface area contributed by atoms with Gasteiger partial charge in [-0.25, -0.2) is 0 Å². The van der Waals surface area contributed by atoms with E-state index in [2.05, 4.69) is 16.8 Å². The van der Waals surface area contributed by atoms with E-state index in [1.165, 1.54) is 6.21 Å². The quantitative estimate of drug-likeness (QED) is 0.438. The van der Waals surface area contributed by atoms with Crippen LogP contribution in [0.3, 0.4) is 0 Å². The number of benzene rings is 3. The Morgan fingerprint density at radius 1 is 1.04 bits per heavy atom. The van der Waals surface area contributed by atoms with Crippen molar-refractivity contribution in [2.75, 3.05) is 11.4 Å². The van der Waals surface area contributed by atoms with Gasteiger partial charge >= 0.3 is 0 Å². The SMILES string of the molecule is C=CCN1C(=O)C(=NN=Cc2ccc3ccccc3c2O)c2ccccc21. The molecule has 1 amide bonds. The molecule has 132 valence electrons. The van der Waals surface area contributed by atoms with Crippen LogP contribution >= 0.6 is 0 Å². The summed E-state index contributed by atoms with van der Waals surface area (Å²) in [5, 5.41) is 20.3. The highest BCUT2D eigenvalue weighted by atomic mass is 16.3. The zero-order chi connectivity index (χ0) is 18.8. The Morgan fingerprint density at radius 2 is 1.81 bits per heavy atom. The Labute approximate surface area is 156 Å². The first kappa shape index (κ1) is 16.7. The van der Waals surface area contributed by atoms with E-state index in [4.69, 9.17) is 0 Å². The van der Waals surface area contributed by atoms with Crippen LogP contribution in [0.4, 0.5) is 5.69 Å². The van der Waals surface area contributed by atoms with E-state index in [0.29, 0.717) is 12.1 Å². The number of rotatable bonds is 4. The molecule has 27 heavy (non-hydrogen) atoms. The molecule has 1 aliphatic heterocycles. The third-order valence-electron chi connectivity index (χ3n) is 4.50. The number of carbonyl (C=O) groups excluding carboxylic acids is 1. The first-order valence-corrected chi connectivity index (χ1v) is 8.54. The van der Waals surface area contributed by atoms with E-state index >= 15 is 0 Å². The fourth-order valence-electron chi connectivity index (χ4n) is 3.19. The van der Waals surface area contributed by atoms with Gasteiger partial charge in [0.1, 0.15) is 5.75 Å². The number of phenols is 1. The van der Waals surface area contributed by atoms with Gasteiger partial charge in [0.05, 0.1) is 11.9 Å². The van der Waals surface area contributed by atoms with Crippen molar-refractivity contribution >= 4 is 34.3 Å². The topological polar surface area (TPSA) is 65.3 Å². The Bertz CT molecular complexity index is 1120. The molecule has 3 aromatic carbocycles. The van der Waals surface area contributed by atoms with Crippen LogP contribution in [0.2, 0.25) is 0 Å². The fraction of sp³-hybridized carbons (Fsp3) is 0.0455. The number of carbonyl (C=O) groups is 1. The maximum Gasteiger partial charge on any atom is 0.279 e. The highest BCUT2D eigenvalue weighted by molar-refractivity contribution is 6.54. The van der Waals surface area contributed by atoms with Crippen molar-refractivity contribution < 1.29 is 9.90 Å². The summed E-state index contributed by atoms with van der Waals surface area (Å²) >= 11 is 0. The minimum atomic E-state index is -0.212. The van der Waals surface area contributed by atoms with Crippen molar-refractivity contribution in [2.24, 2.45) is 10.2 Å². The average molecular weight is 355 g/mol.